The number of benzene rings is 1. The highest BCUT2D eigenvalue weighted by atomic mass is 28.4. The van der Waals surface area contributed by atoms with Gasteiger partial charge in [0.2, 0.25) is 0 Å². The van der Waals surface area contributed by atoms with Crippen molar-refractivity contribution in [3.8, 4) is 0 Å². The van der Waals surface area contributed by atoms with Crippen LogP contribution in [0.5, 0.6) is 0 Å². The maximum absolute atomic E-state index is 5.95. The van der Waals surface area contributed by atoms with Gasteiger partial charge in [0.25, 0.3) is 0 Å². The first kappa shape index (κ1) is 15.4. The second-order valence-electron chi connectivity index (χ2n) is 4.12. The molecule has 0 N–H and O–H groups in total. The number of hydrogen-bond acceptors (Lipinski definition) is 3. The molecule has 0 saturated heterocycles. The van der Waals surface area contributed by atoms with Crippen LogP contribution in [0.15, 0.2) is 18.2 Å². The topological polar surface area (TPSA) is 27.7 Å². The van der Waals surface area contributed by atoms with Crippen LogP contribution in [0.25, 0.3) is 0 Å². The molecule has 1 aromatic carbocycles. The lowest BCUT2D eigenvalue weighted by molar-refractivity contribution is 0.0857. The van der Waals surface area contributed by atoms with Crippen LogP contribution in [-0.2, 0) is 13.3 Å². The highest BCUT2D eigenvalue weighted by molar-refractivity contribution is 6.76. The molecule has 1 aromatic rings. The first-order chi connectivity index (χ1) is 8.61. The van der Waals surface area contributed by atoms with Crippen LogP contribution in [0.1, 0.15) is 31.9 Å². The highest BCUT2D eigenvalue weighted by Gasteiger charge is 2.45. The van der Waals surface area contributed by atoms with Crippen molar-refractivity contribution in [3.63, 3.8) is 0 Å². The zero-order chi connectivity index (χ0) is 13.6. The summed E-state index contributed by atoms with van der Waals surface area (Å²) in [7, 11) is -2.76. The molecule has 0 aliphatic rings. The summed E-state index contributed by atoms with van der Waals surface area (Å²) in [5.41, 5.74) is 2.36. The lowest BCUT2D eigenvalue weighted by atomic mass is 10.2. The van der Waals surface area contributed by atoms with E-state index in [0.29, 0.717) is 19.8 Å². The molecule has 0 fully saturated rings. The van der Waals surface area contributed by atoms with E-state index in [1.165, 1.54) is 11.1 Å². The van der Waals surface area contributed by atoms with Crippen molar-refractivity contribution in [2.45, 2.75) is 34.6 Å². The van der Waals surface area contributed by atoms with Crippen LogP contribution in [0, 0.1) is 13.8 Å². The van der Waals surface area contributed by atoms with Crippen LogP contribution in [-0.4, -0.2) is 28.6 Å². The summed E-state index contributed by atoms with van der Waals surface area (Å²) in [4.78, 5) is 0. The maximum atomic E-state index is 5.95. The van der Waals surface area contributed by atoms with E-state index < -0.39 is 8.80 Å². The largest absolute Gasteiger partial charge is 0.537 e. The van der Waals surface area contributed by atoms with E-state index in [1.807, 2.05) is 20.8 Å². The second kappa shape index (κ2) is 7.04. The smallest absolute Gasteiger partial charge is 0.370 e. The molecule has 0 heterocycles. The summed E-state index contributed by atoms with van der Waals surface area (Å²) < 4.78 is 17.9. The van der Waals surface area contributed by atoms with Gasteiger partial charge < -0.3 is 13.3 Å². The van der Waals surface area contributed by atoms with Gasteiger partial charge in [0.05, 0.1) is 0 Å². The third-order valence-corrected chi connectivity index (χ3v) is 6.20. The van der Waals surface area contributed by atoms with Crippen LogP contribution in [0.2, 0.25) is 0 Å². The molecule has 0 atom stereocenters. The van der Waals surface area contributed by atoms with Crippen molar-refractivity contribution in [1.82, 2.24) is 0 Å². The predicted molar refractivity (Wildman–Crippen MR) is 76.2 cm³/mol. The fourth-order valence-corrected chi connectivity index (χ4v) is 5.16. The monoisotopic (exact) mass is 268 g/mol. The van der Waals surface area contributed by atoms with Crippen LogP contribution in [0.4, 0.5) is 0 Å². The Hall–Kier alpha value is -0.683. The Bertz CT molecular complexity index is 342. The van der Waals surface area contributed by atoms with Crippen LogP contribution in [0.3, 0.4) is 0 Å². The molecule has 102 valence electrons. The Balaban J connectivity index is 3.30. The number of hydrogen-bond donors (Lipinski definition) is 0. The minimum Gasteiger partial charge on any atom is -0.370 e. The average Bonchev–Trinajstić information content (AvgIpc) is 2.29. The van der Waals surface area contributed by atoms with Gasteiger partial charge in [0.15, 0.2) is 0 Å². The Morgan fingerprint density at radius 1 is 0.833 bits per heavy atom. The van der Waals surface area contributed by atoms with E-state index in [2.05, 4.69) is 32.0 Å². The van der Waals surface area contributed by atoms with Gasteiger partial charge in [0, 0.05) is 25.0 Å². The summed E-state index contributed by atoms with van der Waals surface area (Å²) in [5.74, 6) is 0. The van der Waals surface area contributed by atoms with Crippen molar-refractivity contribution in [1.29, 1.82) is 0 Å². The van der Waals surface area contributed by atoms with E-state index in [9.17, 15) is 0 Å². The molecule has 0 spiro atoms. The Morgan fingerprint density at radius 2 is 1.22 bits per heavy atom. The summed E-state index contributed by atoms with van der Waals surface area (Å²) in [6.45, 7) is 11.9. The van der Waals surface area contributed by atoms with E-state index in [-0.39, 0.29) is 0 Å². The molecule has 1 rings (SSSR count). The van der Waals surface area contributed by atoms with Gasteiger partial charge in [-0.2, -0.15) is 0 Å². The summed E-state index contributed by atoms with van der Waals surface area (Å²) in [6, 6.07) is 6.22. The first-order valence-corrected chi connectivity index (χ1v) is 8.32. The standard InChI is InChI=1S/C14H24O3Si/c1-6-15-18(16-7-2,17-8-3)14-12(4)10-9-11-13(14)5/h9-11H,6-8H2,1-5H3. The quantitative estimate of drug-likeness (QED) is 0.711. The Labute approximate surface area is 111 Å². The summed E-state index contributed by atoms with van der Waals surface area (Å²) >= 11 is 0. The van der Waals surface area contributed by atoms with Crippen molar-refractivity contribution >= 4 is 14.0 Å². The first-order valence-electron chi connectivity index (χ1n) is 6.59. The minimum absolute atomic E-state index is 0.597. The van der Waals surface area contributed by atoms with E-state index in [1.54, 1.807) is 0 Å². The molecule has 0 unspecified atom stereocenters. The zero-order valence-corrected chi connectivity index (χ0v) is 13.1. The van der Waals surface area contributed by atoms with Crippen molar-refractivity contribution in [2.24, 2.45) is 0 Å². The molecule has 0 aliphatic carbocycles. The normalized spacial score (nSPS) is 11.8. The lowest BCUT2D eigenvalue weighted by Gasteiger charge is -2.31. The molecule has 0 bridgehead atoms. The molecule has 0 saturated carbocycles. The molecule has 0 aliphatic heterocycles. The molecule has 0 radical (unpaired) electrons. The predicted octanol–water partition coefficient (Wildman–Crippen LogP) is 2.56. The average molecular weight is 268 g/mol. The molecule has 3 nitrogen and oxygen atoms in total. The highest BCUT2D eigenvalue weighted by Crippen LogP contribution is 2.15. The fourth-order valence-electron chi connectivity index (χ4n) is 2.21. The Kier molecular flexibility index (Phi) is 6.01. The molecule has 0 aromatic heterocycles. The van der Waals surface area contributed by atoms with Crippen molar-refractivity contribution < 1.29 is 13.3 Å². The fraction of sp³-hybridized carbons (Fsp3) is 0.571. The lowest BCUT2D eigenvalue weighted by Crippen LogP contribution is -2.58. The van der Waals surface area contributed by atoms with Crippen LogP contribution < -0.4 is 5.19 Å². The van der Waals surface area contributed by atoms with Crippen LogP contribution >= 0.6 is 0 Å². The van der Waals surface area contributed by atoms with E-state index >= 15 is 0 Å². The third-order valence-electron chi connectivity index (χ3n) is 2.79. The second-order valence-corrected chi connectivity index (χ2v) is 6.60. The van der Waals surface area contributed by atoms with Gasteiger partial charge in [-0.3, -0.25) is 0 Å². The van der Waals surface area contributed by atoms with Crippen molar-refractivity contribution in [2.75, 3.05) is 19.8 Å². The number of aryl methyl sites for hydroxylation is 2. The Morgan fingerprint density at radius 3 is 1.56 bits per heavy atom. The molecular weight excluding hydrogens is 244 g/mol. The maximum Gasteiger partial charge on any atom is 0.537 e. The minimum atomic E-state index is -2.76. The zero-order valence-electron chi connectivity index (χ0n) is 12.1. The van der Waals surface area contributed by atoms with Gasteiger partial charge >= 0.3 is 8.80 Å². The molecular formula is C14H24O3Si. The van der Waals surface area contributed by atoms with Gasteiger partial charge in [-0.1, -0.05) is 18.2 Å². The molecule has 0 amide bonds. The van der Waals surface area contributed by atoms with Gasteiger partial charge in [0.1, 0.15) is 0 Å². The SMILES string of the molecule is CCO[Si](OCC)(OCC)c1c(C)cccc1C. The van der Waals surface area contributed by atoms with Crippen molar-refractivity contribution in [3.05, 3.63) is 29.3 Å². The summed E-state index contributed by atoms with van der Waals surface area (Å²) in [6.07, 6.45) is 0. The third kappa shape index (κ3) is 3.20. The van der Waals surface area contributed by atoms with Gasteiger partial charge in [-0.05, 0) is 45.7 Å². The molecule has 4 heteroatoms. The van der Waals surface area contributed by atoms with Gasteiger partial charge in [-0.15, -0.1) is 0 Å². The molecule has 18 heavy (non-hydrogen) atoms. The van der Waals surface area contributed by atoms with Gasteiger partial charge in [-0.25, -0.2) is 0 Å². The van der Waals surface area contributed by atoms with E-state index in [0.717, 1.165) is 5.19 Å². The van der Waals surface area contributed by atoms with E-state index in [4.69, 9.17) is 13.3 Å². The number of rotatable bonds is 7. The summed E-state index contributed by atoms with van der Waals surface area (Å²) in [5, 5.41) is 1.12.